The molecule has 0 spiro atoms. The molecule has 0 saturated heterocycles. The first-order valence-electron chi connectivity index (χ1n) is 8.94. The van der Waals surface area contributed by atoms with Gasteiger partial charge >= 0.3 is 0 Å². The van der Waals surface area contributed by atoms with Crippen LogP contribution in [0.25, 0.3) is 17.1 Å². The van der Waals surface area contributed by atoms with Crippen molar-refractivity contribution in [3.63, 3.8) is 0 Å². The summed E-state index contributed by atoms with van der Waals surface area (Å²) < 4.78 is 8.74. The molecule has 8 nitrogen and oxygen atoms in total. The SMILES string of the molecule is COc1cccc(C2=Nn3c(nnc3-c3cnn(-c4ccccc4)c3N)SC2)c1. The summed E-state index contributed by atoms with van der Waals surface area (Å²) in [5.41, 5.74) is 9.86. The van der Waals surface area contributed by atoms with E-state index in [1.807, 2.05) is 54.6 Å². The molecule has 144 valence electrons. The van der Waals surface area contributed by atoms with E-state index in [1.165, 1.54) is 0 Å². The zero-order valence-electron chi connectivity index (χ0n) is 15.6. The van der Waals surface area contributed by atoms with Crippen molar-refractivity contribution in [2.75, 3.05) is 18.6 Å². The van der Waals surface area contributed by atoms with Crippen LogP contribution >= 0.6 is 11.8 Å². The number of nitrogens with two attached hydrogens (primary N) is 1. The minimum absolute atomic E-state index is 0.486. The van der Waals surface area contributed by atoms with Crippen LogP contribution in [0.15, 0.2) is 71.1 Å². The number of methoxy groups -OCH3 is 1. The van der Waals surface area contributed by atoms with E-state index >= 15 is 0 Å². The summed E-state index contributed by atoms with van der Waals surface area (Å²) in [4.78, 5) is 0. The highest BCUT2D eigenvalue weighted by Crippen LogP contribution is 2.32. The average molecular weight is 403 g/mol. The van der Waals surface area contributed by atoms with Gasteiger partial charge < -0.3 is 10.5 Å². The highest BCUT2D eigenvalue weighted by atomic mass is 32.2. The van der Waals surface area contributed by atoms with Gasteiger partial charge in [0, 0.05) is 11.3 Å². The Bertz CT molecular complexity index is 1210. The monoisotopic (exact) mass is 403 g/mol. The van der Waals surface area contributed by atoms with Crippen molar-refractivity contribution in [2.24, 2.45) is 5.10 Å². The molecule has 0 amide bonds. The molecule has 0 saturated carbocycles. The summed E-state index contributed by atoms with van der Waals surface area (Å²) in [7, 11) is 1.65. The normalized spacial score (nSPS) is 13.1. The maximum absolute atomic E-state index is 6.39. The number of hydrogen-bond donors (Lipinski definition) is 1. The largest absolute Gasteiger partial charge is 0.497 e. The molecule has 2 N–H and O–H groups in total. The van der Waals surface area contributed by atoms with Gasteiger partial charge in [0.15, 0.2) is 5.82 Å². The van der Waals surface area contributed by atoms with Gasteiger partial charge in [0.1, 0.15) is 11.6 Å². The molecule has 29 heavy (non-hydrogen) atoms. The van der Waals surface area contributed by atoms with Gasteiger partial charge in [-0.15, -0.1) is 10.2 Å². The number of rotatable bonds is 4. The molecule has 2 aromatic carbocycles. The van der Waals surface area contributed by atoms with E-state index in [9.17, 15) is 0 Å². The Hall–Kier alpha value is -3.59. The summed E-state index contributed by atoms with van der Waals surface area (Å²) in [5.74, 6) is 2.54. The van der Waals surface area contributed by atoms with Crippen LogP contribution in [0.1, 0.15) is 5.56 Å². The number of nitrogens with zero attached hydrogens (tertiary/aromatic N) is 6. The molecule has 0 fully saturated rings. The number of benzene rings is 2. The number of ether oxygens (including phenoxy) is 1. The topological polar surface area (TPSA) is 96.1 Å². The van der Waals surface area contributed by atoms with Crippen molar-refractivity contribution in [3.8, 4) is 22.8 Å². The molecule has 1 aliphatic rings. The summed E-state index contributed by atoms with van der Waals surface area (Å²) >= 11 is 1.58. The van der Waals surface area contributed by atoms with Gasteiger partial charge in [0.25, 0.3) is 0 Å². The molecule has 0 aliphatic carbocycles. The minimum Gasteiger partial charge on any atom is -0.497 e. The standard InChI is InChI=1S/C20H17N7OS/c1-28-15-9-5-6-13(10-15)17-12-29-20-24-23-19(27(20)25-17)16-11-22-26(18(16)21)14-7-3-2-4-8-14/h2-11H,12,21H2,1H3. The van der Waals surface area contributed by atoms with Gasteiger partial charge in [0.05, 0.1) is 30.3 Å². The van der Waals surface area contributed by atoms with Crippen LogP contribution in [0.5, 0.6) is 5.75 Å². The number of fused-ring (bicyclic) bond motifs is 1. The van der Waals surface area contributed by atoms with Crippen LogP contribution in [0, 0.1) is 0 Å². The Labute approximate surface area is 171 Å². The number of nitrogen functional groups attached to an aromatic ring is 1. The molecule has 1 aliphatic heterocycles. The highest BCUT2D eigenvalue weighted by molar-refractivity contribution is 7.99. The fourth-order valence-corrected chi connectivity index (χ4v) is 3.98. The lowest BCUT2D eigenvalue weighted by Crippen LogP contribution is -2.14. The van der Waals surface area contributed by atoms with Crippen molar-refractivity contribution < 1.29 is 4.74 Å². The fraction of sp³-hybridized carbons (Fsp3) is 0.100. The number of hydrogen-bond acceptors (Lipinski definition) is 7. The van der Waals surface area contributed by atoms with Gasteiger partial charge in [-0.3, -0.25) is 0 Å². The molecule has 9 heteroatoms. The zero-order chi connectivity index (χ0) is 19.8. The third kappa shape index (κ3) is 3.05. The quantitative estimate of drug-likeness (QED) is 0.563. The molecule has 4 aromatic rings. The summed E-state index contributed by atoms with van der Waals surface area (Å²) in [5, 5.41) is 18.5. The molecular weight excluding hydrogens is 386 g/mol. The number of para-hydroxylation sites is 1. The number of anilines is 1. The Balaban J connectivity index is 1.57. The van der Waals surface area contributed by atoms with Gasteiger partial charge in [0.2, 0.25) is 5.16 Å². The lowest BCUT2D eigenvalue weighted by atomic mass is 10.1. The smallest absolute Gasteiger partial charge is 0.212 e. The lowest BCUT2D eigenvalue weighted by molar-refractivity contribution is 0.414. The third-order valence-corrected chi connectivity index (χ3v) is 5.55. The van der Waals surface area contributed by atoms with Crippen molar-refractivity contribution in [2.45, 2.75) is 5.16 Å². The molecule has 2 aromatic heterocycles. The molecule has 3 heterocycles. The predicted molar refractivity (Wildman–Crippen MR) is 113 cm³/mol. The molecule has 0 radical (unpaired) electrons. The van der Waals surface area contributed by atoms with Crippen LogP contribution in [0.4, 0.5) is 5.82 Å². The van der Waals surface area contributed by atoms with E-state index in [0.717, 1.165) is 27.9 Å². The Morgan fingerprint density at radius 1 is 1.07 bits per heavy atom. The molecule has 5 rings (SSSR count). The van der Waals surface area contributed by atoms with Crippen LogP contribution in [0.2, 0.25) is 0 Å². The fourth-order valence-electron chi connectivity index (χ4n) is 3.14. The van der Waals surface area contributed by atoms with Gasteiger partial charge in [-0.05, 0) is 24.3 Å². The first kappa shape index (κ1) is 17.5. The maximum Gasteiger partial charge on any atom is 0.212 e. The number of aromatic nitrogens is 5. The predicted octanol–water partition coefficient (Wildman–Crippen LogP) is 3.08. The second-order valence-electron chi connectivity index (χ2n) is 6.38. The molecular formula is C20H17N7OS. The van der Waals surface area contributed by atoms with Crippen LogP contribution in [0.3, 0.4) is 0 Å². The van der Waals surface area contributed by atoms with Gasteiger partial charge in [-0.1, -0.05) is 42.1 Å². The maximum atomic E-state index is 6.39. The summed E-state index contributed by atoms with van der Waals surface area (Å²) in [6.07, 6.45) is 1.69. The molecule has 0 atom stereocenters. The lowest BCUT2D eigenvalue weighted by Gasteiger charge is -2.14. The van der Waals surface area contributed by atoms with E-state index < -0.39 is 0 Å². The Morgan fingerprint density at radius 3 is 2.76 bits per heavy atom. The molecule has 0 unspecified atom stereocenters. The van der Waals surface area contributed by atoms with E-state index in [-0.39, 0.29) is 0 Å². The van der Waals surface area contributed by atoms with Crippen LogP contribution < -0.4 is 10.5 Å². The zero-order valence-corrected chi connectivity index (χ0v) is 16.4. The van der Waals surface area contributed by atoms with Gasteiger partial charge in [-0.25, -0.2) is 4.68 Å². The van der Waals surface area contributed by atoms with Crippen molar-refractivity contribution in [1.29, 1.82) is 0 Å². The number of thioether (sulfide) groups is 1. The van der Waals surface area contributed by atoms with Crippen molar-refractivity contribution >= 4 is 23.3 Å². The second kappa shape index (κ2) is 7.10. The first-order valence-corrected chi connectivity index (χ1v) is 9.93. The van der Waals surface area contributed by atoms with E-state index in [2.05, 4.69) is 15.3 Å². The van der Waals surface area contributed by atoms with Crippen molar-refractivity contribution in [1.82, 2.24) is 24.7 Å². The third-order valence-electron chi connectivity index (χ3n) is 4.62. The molecule has 0 bridgehead atoms. The van der Waals surface area contributed by atoms with Crippen LogP contribution in [-0.4, -0.2) is 43.2 Å². The van der Waals surface area contributed by atoms with Crippen molar-refractivity contribution in [3.05, 3.63) is 66.4 Å². The van der Waals surface area contributed by atoms with Gasteiger partial charge in [-0.2, -0.15) is 14.9 Å². The van der Waals surface area contributed by atoms with E-state index in [4.69, 9.17) is 15.6 Å². The summed E-state index contributed by atoms with van der Waals surface area (Å²) in [6, 6.07) is 17.6. The minimum atomic E-state index is 0.486. The average Bonchev–Trinajstić information content (AvgIpc) is 3.37. The highest BCUT2D eigenvalue weighted by Gasteiger charge is 2.24. The van der Waals surface area contributed by atoms with E-state index in [0.29, 0.717) is 23.0 Å². The first-order chi connectivity index (χ1) is 14.2. The van der Waals surface area contributed by atoms with Crippen LogP contribution in [-0.2, 0) is 0 Å². The van der Waals surface area contributed by atoms with E-state index in [1.54, 1.807) is 34.4 Å². The second-order valence-corrected chi connectivity index (χ2v) is 7.32. The summed E-state index contributed by atoms with van der Waals surface area (Å²) in [6.45, 7) is 0. The Morgan fingerprint density at radius 2 is 1.93 bits per heavy atom. The Kier molecular flexibility index (Phi) is 4.28.